The van der Waals surface area contributed by atoms with Gasteiger partial charge in [-0.05, 0) is 45.9 Å². The van der Waals surface area contributed by atoms with Gasteiger partial charge in [-0.15, -0.1) is 0 Å². The van der Waals surface area contributed by atoms with Crippen LogP contribution in [0.3, 0.4) is 0 Å². The van der Waals surface area contributed by atoms with E-state index in [0.717, 1.165) is 0 Å². The van der Waals surface area contributed by atoms with Crippen molar-refractivity contribution in [3.05, 3.63) is 130 Å². The molecule has 1 aliphatic rings. The zero-order valence-corrected chi connectivity index (χ0v) is 17.3. The third-order valence-corrected chi connectivity index (χ3v) is 6.48. The maximum atomic E-state index is 2.45. The van der Waals surface area contributed by atoms with Gasteiger partial charge in [0.25, 0.3) is 0 Å². The fourth-order valence-electron chi connectivity index (χ4n) is 4.88. The molecule has 1 unspecified atom stereocenters. The second-order valence-corrected chi connectivity index (χ2v) is 8.73. The van der Waals surface area contributed by atoms with Crippen LogP contribution in [0.2, 0.25) is 0 Å². The Morgan fingerprint density at radius 3 is 1.90 bits per heavy atom. The second-order valence-electron chi connectivity index (χ2n) is 8.73. The average Bonchev–Trinajstić information content (AvgIpc) is 2.98. The second kappa shape index (κ2) is 6.74. The molecule has 0 saturated carbocycles. The fourth-order valence-corrected chi connectivity index (χ4v) is 4.88. The molecule has 0 N–H and O–H groups in total. The van der Waals surface area contributed by atoms with Gasteiger partial charge in [-0.3, -0.25) is 0 Å². The summed E-state index contributed by atoms with van der Waals surface area (Å²) in [5.74, 6) is 0.238. The van der Waals surface area contributed by atoms with E-state index < -0.39 is 0 Å². The molecule has 0 heterocycles. The van der Waals surface area contributed by atoms with Crippen molar-refractivity contribution in [2.45, 2.75) is 32.1 Å². The first kappa shape index (κ1) is 17.9. The van der Waals surface area contributed by atoms with E-state index >= 15 is 0 Å². The lowest BCUT2D eigenvalue weighted by molar-refractivity contribution is 0.659. The van der Waals surface area contributed by atoms with Gasteiger partial charge in [0.15, 0.2) is 0 Å². The summed E-state index contributed by atoms with van der Waals surface area (Å²) in [6, 6.07) is 35.8. The van der Waals surface area contributed by atoms with E-state index in [-0.39, 0.29) is 11.3 Å². The normalized spacial score (nSPS) is 14.9. The van der Waals surface area contributed by atoms with Crippen LogP contribution in [0.4, 0.5) is 0 Å². The Kier molecular flexibility index (Phi) is 4.17. The van der Waals surface area contributed by atoms with Gasteiger partial charge < -0.3 is 0 Å². The van der Waals surface area contributed by atoms with Crippen LogP contribution in [0.15, 0.2) is 97.1 Å². The van der Waals surface area contributed by atoms with Crippen molar-refractivity contribution in [3.63, 3.8) is 0 Å². The van der Waals surface area contributed by atoms with Crippen molar-refractivity contribution in [3.8, 4) is 11.1 Å². The van der Waals surface area contributed by atoms with Crippen molar-refractivity contribution in [1.82, 2.24) is 0 Å². The van der Waals surface area contributed by atoms with Crippen LogP contribution < -0.4 is 0 Å². The molecule has 4 aromatic carbocycles. The van der Waals surface area contributed by atoms with Crippen molar-refractivity contribution in [1.29, 1.82) is 0 Å². The van der Waals surface area contributed by atoms with E-state index in [1.807, 2.05) is 0 Å². The minimum Gasteiger partial charge on any atom is -0.0622 e. The van der Waals surface area contributed by atoms with Crippen molar-refractivity contribution < 1.29 is 0 Å². The van der Waals surface area contributed by atoms with Crippen LogP contribution >= 0.6 is 0 Å². The molecule has 0 spiro atoms. The number of hydrogen-bond acceptors (Lipinski definition) is 0. The Labute approximate surface area is 173 Å². The standard InChI is InChI=1S/C29H26/c1-20-13-15-22(16-14-20)28(21-9-5-4-6-10-21)23-17-18-25-24-11-7-8-12-26(24)29(2,3)27(25)19-23/h4-19,28H,1-3H3. The highest BCUT2D eigenvalue weighted by Gasteiger charge is 2.35. The first-order valence-corrected chi connectivity index (χ1v) is 10.4. The molecule has 0 heteroatoms. The number of rotatable bonds is 3. The Bertz CT molecular complexity index is 1160. The summed E-state index contributed by atoms with van der Waals surface area (Å²) in [4.78, 5) is 0. The monoisotopic (exact) mass is 374 g/mol. The topological polar surface area (TPSA) is 0 Å². The zero-order valence-electron chi connectivity index (χ0n) is 17.3. The Morgan fingerprint density at radius 1 is 0.552 bits per heavy atom. The maximum absolute atomic E-state index is 2.45. The molecule has 1 aliphatic carbocycles. The van der Waals surface area contributed by atoms with Gasteiger partial charge in [-0.1, -0.05) is 116 Å². The first-order valence-electron chi connectivity index (χ1n) is 10.4. The number of benzene rings is 4. The molecule has 0 saturated heterocycles. The van der Waals surface area contributed by atoms with Crippen LogP contribution in [0, 0.1) is 6.92 Å². The molecule has 0 radical (unpaired) electrons. The predicted octanol–water partition coefficient (Wildman–Crippen LogP) is 7.48. The summed E-state index contributed by atoms with van der Waals surface area (Å²) in [6.07, 6.45) is 0. The highest BCUT2D eigenvalue weighted by molar-refractivity contribution is 5.81. The number of hydrogen-bond donors (Lipinski definition) is 0. The van der Waals surface area contributed by atoms with Gasteiger partial charge in [0.05, 0.1) is 0 Å². The van der Waals surface area contributed by atoms with Crippen molar-refractivity contribution >= 4 is 0 Å². The summed E-state index contributed by atoms with van der Waals surface area (Å²) < 4.78 is 0. The van der Waals surface area contributed by atoms with E-state index in [9.17, 15) is 0 Å². The number of fused-ring (bicyclic) bond motifs is 3. The van der Waals surface area contributed by atoms with Crippen molar-refractivity contribution in [2.24, 2.45) is 0 Å². The SMILES string of the molecule is Cc1ccc(C(c2ccccc2)c2ccc3c(c2)C(C)(C)c2ccccc2-3)cc1. The van der Waals surface area contributed by atoms with Crippen LogP contribution in [0.1, 0.15) is 53.1 Å². The highest BCUT2D eigenvalue weighted by atomic mass is 14.4. The zero-order chi connectivity index (χ0) is 20.0. The lowest BCUT2D eigenvalue weighted by Crippen LogP contribution is -2.15. The quantitative estimate of drug-likeness (QED) is 0.326. The van der Waals surface area contributed by atoms with Gasteiger partial charge in [0.2, 0.25) is 0 Å². The predicted molar refractivity (Wildman–Crippen MR) is 123 cm³/mol. The molecule has 0 aromatic heterocycles. The first-order chi connectivity index (χ1) is 14.1. The van der Waals surface area contributed by atoms with Crippen LogP contribution in [-0.2, 0) is 5.41 Å². The molecule has 0 amide bonds. The summed E-state index contributed by atoms with van der Waals surface area (Å²) >= 11 is 0. The van der Waals surface area contributed by atoms with Gasteiger partial charge in [0, 0.05) is 11.3 Å². The molecule has 5 rings (SSSR count). The molecule has 0 fully saturated rings. The van der Waals surface area contributed by atoms with Crippen LogP contribution in [-0.4, -0.2) is 0 Å². The van der Waals surface area contributed by atoms with Crippen LogP contribution in [0.5, 0.6) is 0 Å². The molecule has 0 bridgehead atoms. The summed E-state index contributed by atoms with van der Waals surface area (Å²) in [6.45, 7) is 6.85. The van der Waals surface area contributed by atoms with Gasteiger partial charge >= 0.3 is 0 Å². The third-order valence-electron chi connectivity index (χ3n) is 6.48. The van der Waals surface area contributed by atoms with Gasteiger partial charge in [-0.2, -0.15) is 0 Å². The van der Waals surface area contributed by atoms with E-state index in [1.165, 1.54) is 44.5 Å². The molecular weight excluding hydrogens is 348 g/mol. The lowest BCUT2D eigenvalue weighted by atomic mass is 9.79. The molecule has 0 nitrogen and oxygen atoms in total. The van der Waals surface area contributed by atoms with Gasteiger partial charge in [-0.25, -0.2) is 0 Å². The Morgan fingerprint density at radius 2 is 1.14 bits per heavy atom. The third kappa shape index (κ3) is 2.91. The molecule has 1 atom stereocenters. The van der Waals surface area contributed by atoms with Crippen molar-refractivity contribution in [2.75, 3.05) is 0 Å². The minimum absolute atomic E-state index is 0.0243. The molecule has 0 aliphatic heterocycles. The Hall–Kier alpha value is -3.12. The molecule has 4 aromatic rings. The average molecular weight is 375 g/mol. The fraction of sp³-hybridized carbons (Fsp3) is 0.172. The van der Waals surface area contributed by atoms with E-state index in [2.05, 4.69) is 118 Å². The van der Waals surface area contributed by atoms with E-state index in [4.69, 9.17) is 0 Å². The molecular formula is C29H26. The molecule has 29 heavy (non-hydrogen) atoms. The van der Waals surface area contributed by atoms with Crippen LogP contribution in [0.25, 0.3) is 11.1 Å². The lowest BCUT2D eigenvalue weighted by Gasteiger charge is -2.24. The van der Waals surface area contributed by atoms with Gasteiger partial charge in [0.1, 0.15) is 0 Å². The largest absolute Gasteiger partial charge is 0.0622 e. The minimum atomic E-state index is 0.0243. The maximum Gasteiger partial charge on any atom is 0.0340 e. The summed E-state index contributed by atoms with van der Waals surface area (Å²) in [5, 5.41) is 0. The van der Waals surface area contributed by atoms with E-state index in [1.54, 1.807) is 0 Å². The summed E-state index contributed by atoms with van der Waals surface area (Å²) in [5.41, 5.74) is 11.0. The highest BCUT2D eigenvalue weighted by Crippen LogP contribution is 2.49. The Balaban J connectivity index is 1.69. The van der Waals surface area contributed by atoms with E-state index in [0.29, 0.717) is 0 Å². The smallest absolute Gasteiger partial charge is 0.0340 e. The molecule has 142 valence electrons. The number of aryl methyl sites for hydroxylation is 1. The summed E-state index contributed by atoms with van der Waals surface area (Å²) in [7, 11) is 0.